The number of aliphatic imine (C=N–C) groups is 1. The molecule has 6 heteroatoms. The van der Waals surface area contributed by atoms with Crippen molar-refractivity contribution in [3.05, 3.63) is 23.8 Å². The number of ether oxygens (including phenoxy) is 1. The summed E-state index contributed by atoms with van der Waals surface area (Å²) in [5.41, 5.74) is 0.764. The van der Waals surface area contributed by atoms with Crippen molar-refractivity contribution in [1.82, 2.24) is 10.6 Å². The highest BCUT2D eigenvalue weighted by Gasteiger charge is 2.14. The van der Waals surface area contributed by atoms with Gasteiger partial charge in [-0.15, -0.1) is 24.0 Å². The zero-order valence-electron chi connectivity index (χ0n) is 14.0. The maximum absolute atomic E-state index is 9.93. The van der Waals surface area contributed by atoms with Gasteiger partial charge in [0.15, 0.2) is 5.96 Å². The smallest absolute Gasteiger partial charge is 0.191 e. The zero-order valence-corrected chi connectivity index (χ0v) is 16.3. The van der Waals surface area contributed by atoms with Gasteiger partial charge in [-0.1, -0.05) is 19.3 Å². The van der Waals surface area contributed by atoms with Crippen LogP contribution in [-0.4, -0.2) is 30.8 Å². The number of benzene rings is 1. The lowest BCUT2D eigenvalue weighted by molar-refractivity contribution is 0.409. The van der Waals surface area contributed by atoms with Crippen molar-refractivity contribution in [2.24, 2.45) is 4.99 Å². The van der Waals surface area contributed by atoms with Gasteiger partial charge in [-0.25, -0.2) is 4.99 Å². The first kappa shape index (κ1) is 19.9. The number of phenolic OH excluding ortho intramolecular Hbond substituents is 1. The summed E-state index contributed by atoms with van der Waals surface area (Å²) in [6, 6.07) is 5.72. The standard InChI is InChI=1S/C17H27N3O2.HI/c1-3-18-17(20-14-7-5-4-6-8-14)19-12-13-11-15(22-2)9-10-16(13)21;/h9-11,14,21H,3-8,12H2,1-2H3,(H2,18,19,20);1H. The number of guanidine groups is 1. The molecule has 0 spiro atoms. The highest BCUT2D eigenvalue weighted by Crippen LogP contribution is 2.23. The SMILES string of the molecule is CCNC(=NCc1cc(OC)ccc1O)NC1CCCCC1.I. The van der Waals surface area contributed by atoms with E-state index in [4.69, 9.17) is 4.74 Å². The summed E-state index contributed by atoms with van der Waals surface area (Å²) in [6.45, 7) is 3.30. The molecular formula is C17H28IN3O2. The average Bonchev–Trinajstić information content (AvgIpc) is 2.55. The van der Waals surface area contributed by atoms with Crippen LogP contribution in [0.1, 0.15) is 44.6 Å². The van der Waals surface area contributed by atoms with Crippen molar-refractivity contribution in [3.8, 4) is 11.5 Å². The minimum Gasteiger partial charge on any atom is -0.508 e. The van der Waals surface area contributed by atoms with Gasteiger partial charge in [0.2, 0.25) is 0 Å². The molecule has 0 bridgehead atoms. The van der Waals surface area contributed by atoms with Crippen LogP contribution in [0.15, 0.2) is 23.2 Å². The molecule has 1 fully saturated rings. The molecule has 130 valence electrons. The monoisotopic (exact) mass is 433 g/mol. The Morgan fingerprint density at radius 2 is 2.04 bits per heavy atom. The van der Waals surface area contributed by atoms with E-state index in [0.717, 1.165) is 23.8 Å². The third kappa shape index (κ3) is 6.45. The minimum absolute atomic E-state index is 0. The van der Waals surface area contributed by atoms with Gasteiger partial charge >= 0.3 is 0 Å². The van der Waals surface area contributed by atoms with Crippen molar-refractivity contribution in [1.29, 1.82) is 0 Å². The molecule has 3 N–H and O–H groups in total. The molecule has 0 aliphatic heterocycles. The molecule has 0 amide bonds. The lowest BCUT2D eigenvalue weighted by Gasteiger charge is -2.24. The fourth-order valence-electron chi connectivity index (χ4n) is 2.74. The maximum Gasteiger partial charge on any atom is 0.191 e. The second kappa shape index (κ2) is 10.6. The molecule has 1 aromatic carbocycles. The van der Waals surface area contributed by atoms with Crippen LogP contribution in [-0.2, 0) is 6.54 Å². The highest BCUT2D eigenvalue weighted by atomic mass is 127. The largest absolute Gasteiger partial charge is 0.508 e. The Morgan fingerprint density at radius 3 is 2.70 bits per heavy atom. The summed E-state index contributed by atoms with van der Waals surface area (Å²) in [6.07, 6.45) is 6.31. The second-order valence-corrected chi connectivity index (χ2v) is 5.67. The summed E-state index contributed by atoms with van der Waals surface area (Å²) >= 11 is 0. The lowest BCUT2D eigenvalue weighted by Crippen LogP contribution is -2.44. The number of hydrogen-bond acceptors (Lipinski definition) is 3. The predicted octanol–water partition coefficient (Wildman–Crippen LogP) is 3.41. The van der Waals surface area contributed by atoms with Crippen LogP contribution < -0.4 is 15.4 Å². The van der Waals surface area contributed by atoms with Gasteiger partial charge < -0.3 is 20.5 Å². The quantitative estimate of drug-likeness (QED) is 0.378. The number of halogens is 1. The van der Waals surface area contributed by atoms with Crippen LogP contribution in [0.5, 0.6) is 11.5 Å². The van der Waals surface area contributed by atoms with E-state index in [1.54, 1.807) is 19.2 Å². The van der Waals surface area contributed by atoms with E-state index in [2.05, 4.69) is 22.5 Å². The number of phenols is 1. The van der Waals surface area contributed by atoms with Gasteiger partial charge in [-0.05, 0) is 38.0 Å². The fraction of sp³-hybridized carbons (Fsp3) is 0.588. The molecule has 1 aromatic rings. The fourth-order valence-corrected chi connectivity index (χ4v) is 2.74. The molecule has 0 aromatic heterocycles. The number of methoxy groups -OCH3 is 1. The molecular weight excluding hydrogens is 405 g/mol. The molecule has 5 nitrogen and oxygen atoms in total. The van der Waals surface area contributed by atoms with E-state index in [1.165, 1.54) is 32.1 Å². The van der Waals surface area contributed by atoms with Gasteiger partial charge in [0.25, 0.3) is 0 Å². The van der Waals surface area contributed by atoms with Crippen LogP contribution in [0, 0.1) is 0 Å². The number of nitrogens with zero attached hydrogens (tertiary/aromatic N) is 1. The van der Waals surface area contributed by atoms with Gasteiger partial charge in [-0.3, -0.25) is 0 Å². The zero-order chi connectivity index (χ0) is 15.8. The molecule has 1 aliphatic carbocycles. The van der Waals surface area contributed by atoms with E-state index >= 15 is 0 Å². The molecule has 0 saturated heterocycles. The first-order chi connectivity index (χ1) is 10.7. The maximum atomic E-state index is 9.93. The molecule has 0 unspecified atom stereocenters. The first-order valence-electron chi connectivity index (χ1n) is 8.13. The summed E-state index contributed by atoms with van der Waals surface area (Å²) < 4.78 is 5.19. The first-order valence-corrected chi connectivity index (χ1v) is 8.13. The van der Waals surface area contributed by atoms with Crippen LogP contribution in [0.3, 0.4) is 0 Å². The normalized spacial score (nSPS) is 15.7. The summed E-state index contributed by atoms with van der Waals surface area (Å²) in [4.78, 5) is 4.59. The Hall–Kier alpha value is -1.18. The second-order valence-electron chi connectivity index (χ2n) is 5.67. The number of hydrogen-bond donors (Lipinski definition) is 3. The summed E-state index contributed by atoms with van der Waals surface area (Å²) in [5.74, 6) is 1.79. The van der Waals surface area contributed by atoms with E-state index in [1.807, 2.05) is 6.07 Å². The minimum atomic E-state index is 0. The topological polar surface area (TPSA) is 65.9 Å². The Bertz CT molecular complexity index is 503. The van der Waals surface area contributed by atoms with Crippen LogP contribution in [0.25, 0.3) is 0 Å². The molecule has 1 saturated carbocycles. The van der Waals surface area contributed by atoms with Crippen molar-refractivity contribution < 1.29 is 9.84 Å². The van der Waals surface area contributed by atoms with Gasteiger partial charge in [-0.2, -0.15) is 0 Å². The summed E-state index contributed by atoms with van der Waals surface area (Å²) in [5, 5.41) is 16.7. The van der Waals surface area contributed by atoms with E-state index < -0.39 is 0 Å². The number of rotatable bonds is 5. The Labute approximate surface area is 155 Å². The van der Waals surface area contributed by atoms with Crippen LogP contribution in [0.2, 0.25) is 0 Å². The van der Waals surface area contributed by atoms with E-state index in [9.17, 15) is 5.11 Å². The van der Waals surface area contributed by atoms with E-state index in [-0.39, 0.29) is 29.7 Å². The molecule has 0 heterocycles. The third-order valence-electron chi connectivity index (χ3n) is 3.98. The van der Waals surface area contributed by atoms with Crippen molar-refractivity contribution >= 4 is 29.9 Å². The van der Waals surface area contributed by atoms with Gasteiger partial charge in [0, 0.05) is 18.2 Å². The molecule has 0 radical (unpaired) electrons. The number of nitrogens with one attached hydrogen (secondary N) is 2. The van der Waals surface area contributed by atoms with Crippen molar-refractivity contribution in [2.45, 2.75) is 51.6 Å². The van der Waals surface area contributed by atoms with Gasteiger partial charge in [0.05, 0.1) is 13.7 Å². The Kier molecular flexibility index (Phi) is 9.13. The molecule has 23 heavy (non-hydrogen) atoms. The van der Waals surface area contributed by atoms with E-state index in [0.29, 0.717) is 12.6 Å². The van der Waals surface area contributed by atoms with Crippen molar-refractivity contribution in [3.63, 3.8) is 0 Å². The van der Waals surface area contributed by atoms with Gasteiger partial charge in [0.1, 0.15) is 11.5 Å². The summed E-state index contributed by atoms with van der Waals surface area (Å²) in [7, 11) is 1.62. The molecule has 0 atom stereocenters. The lowest BCUT2D eigenvalue weighted by atomic mass is 9.96. The van der Waals surface area contributed by atoms with Crippen LogP contribution >= 0.6 is 24.0 Å². The highest BCUT2D eigenvalue weighted by molar-refractivity contribution is 14.0. The third-order valence-corrected chi connectivity index (χ3v) is 3.98. The Balaban J connectivity index is 0.00000264. The average molecular weight is 433 g/mol. The molecule has 1 aliphatic rings. The molecule has 2 rings (SSSR count). The predicted molar refractivity (Wildman–Crippen MR) is 105 cm³/mol. The van der Waals surface area contributed by atoms with Crippen LogP contribution in [0.4, 0.5) is 0 Å². The Morgan fingerprint density at radius 1 is 1.30 bits per heavy atom. The number of aromatic hydroxyl groups is 1. The van der Waals surface area contributed by atoms with Crippen molar-refractivity contribution in [2.75, 3.05) is 13.7 Å².